The summed E-state index contributed by atoms with van der Waals surface area (Å²) < 4.78 is 5.67. The minimum Gasteiger partial charge on any atom is -0.497 e. The second-order valence-corrected chi connectivity index (χ2v) is 8.92. The third kappa shape index (κ3) is 6.62. The first-order valence-electron chi connectivity index (χ1n) is 10.3. The van der Waals surface area contributed by atoms with Crippen LogP contribution < -0.4 is 10.1 Å². The summed E-state index contributed by atoms with van der Waals surface area (Å²) in [5.74, 6) is 0.350. The molecule has 0 bridgehead atoms. The summed E-state index contributed by atoms with van der Waals surface area (Å²) >= 11 is 6.64. The fourth-order valence-electron chi connectivity index (χ4n) is 3.23. The van der Waals surface area contributed by atoms with Gasteiger partial charge in [-0.2, -0.15) is 0 Å². The van der Waals surface area contributed by atoms with Crippen LogP contribution >= 0.6 is 24.0 Å². The minimum atomic E-state index is -0.527. The summed E-state index contributed by atoms with van der Waals surface area (Å²) in [5.41, 5.74) is 0.942. The number of para-hydroxylation sites is 2. The van der Waals surface area contributed by atoms with Gasteiger partial charge in [0.15, 0.2) is 0 Å². The Kier molecular flexibility index (Phi) is 8.56. The average molecular weight is 486 g/mol. The highest BCUT2D eigenvalue weighted by molar-refractivity contribution is 8.26. The van der Waals surface area contributed by atoms with Crippen molar-refractivity contribution in [3.8, 4) is 5.75 Å². The molecule has 0 radical (unpaired) electrons. The Morgan fingerprint density at radius 1 is 1.18 bits per heavy atom. The number of amides is 2. The molecule has 1 heterocycles. The van der Waals surface area contributed by atoms with Crippen LogP contribution in [0.1, 0.15) is 31.2 Å². The van der Waals surface area contributed by atoms with Gasteiger partial charge in [-0.1, -0.05) is 54.7 Å². The number of carbonyl (C=O) groups excluding carboxylic acids is 2. The molecule has 0 atom stereocenters. The Balaban J connectivity index is 1.43. The maximum absolute atomic E-state index is 12.7. The first-order valence-corrected chi connectivity index (χ1v) is 11.5. The van der Waals surface area contributed by atoms with E-state index in [2.05, 4.69) is 5.32 Å². The molecule has 2 amide bonds. The molecule has 172 valence electrons. The van der Waals surface area contributed by atoms with Crippen LogP contribution in [0.15, 0.2) is 53.4 Å². The van der Waals surface area contributed by atoms with Gasteiger partial charge in [0.25, 0.3) is 11.6 Å². The molecule has 0 spiro atoms. The number of benzene rings is 2. The molecule has 2 aromatic rings. The normalized spacial score (nSPS) is 14.6. The van der Waals surface area contributed by atoms with Gasteiger partial charge >= 0.3 is 0 Å². The van der Waals surface area contributed by atoms with E-state index in [9.17, 15) is 19.7 Å². The Morgan fingerprint density at radius 3 is 2.61 bits per heavy atom. The molecule has 8 nitrogen and oxygen atoms in total. The van der Waals surface area contributed by atoms with Gasteiger partial charge in [-0.3, -0.25) is 24.6 Å². The fourth-order valence-corrected chi connectivity index (χ4v) is 4.54. The number of carbonyl (C=O) groups is 2. The van der Waals surface area contributed by atoms with Crippen molar-refractivity contribution in [1.29, 1.82) is 0 Å². The molecule has 2 aromatic carbocycles. The lowest BCUT2D eigenvalue weighted by Gasteiger charge is -2.14. The number of rotatable bonds is 10. The second kappa shape index (κ2) is 11.6. The van der Waals surface area contributed by atoms with Gasteiger partial charge < -0.3 is 10.1 Å². The molecule has 1 N–H and O–H groups in total. The van der Waals surface area contributed by atoms with Gasteiger partial charge in [0, 0.05) is 19.0 Å². The quantitative estimate of drug-likeness (QED) is 0.166. The Labute approximate surface area is 201 Å². The summed E-state index contributed by atoms with van der Waals surface area (Å²) in [4.78, 5) is 37.5. The minimum absolute atomic E-state index is 0.116. The predicted molar refractivity (Wildman–Crippen MR) is 133 cm³/mol. The van der Waals surface area contributed by atoms with E-state index in [1.165, 1.54) is 23.9 Å². The highest BCUT2D eigenvalue weighted by Gasteiger charge is 2.31. The number of thiocarbonyl (C=S) groups is 1. The third-order valence-corrected chi connectivity index (χ3v) is 6.33. The van der Waals surface area contributed by atoms with Crippen molar-refractivity contribution >= 4 is 57.6 Å². The molecule has 10 heteroatoms. The number of ether oxygens (including phenoxy) is 1. The van der Waals surface area contributed by atoms with Gasteiger partial charge in [-0.25, -0.2) is 0 Å². The summed E-state index contributed by atoms with van der Waals surface area (Å²) in [7, 11) is 1.60. The zero-order chi connectivity index (χ0) is 23.8. The molecule has 1 saturated heterocycles. The van der Waals surface area contributed by atoms with Crippen LogP contribution in [-0.2, 0) is 9.59 Å². The van der Waals surface area contributed by atoms with Crippen molar-refractivity contribution in [1.82, 2.24) is 4.90 Å². The van der Waals surface area contributed by atoms with Crippen LogP contribution in [0.2, 0.25) is 0 Å². The van der Waals surface area contributed by atoms with Crippen LogP contribution in [0.5, 0.6) is 5.75 Å². The molecule has 0 unspecified atom stereocenters. The molecule has 33 heavy (non-hydrogen) atoms. The number of nitro groups is 1. The van der Waals surface area contributed by atoms with E-state index in [0.29, 0.717) is 28.6 Å². The van der Waals surface area contributed by atoms with Gasteiger partial charge in [-0.15, -0.1) is 0 Å². The molecule has 0 saturated carbocycles. The zero-order valence-corrected chi connectivity index (χ0v) is 19.6. The molecule has 1 aliphatic heterocycles. The van der Waals surface area contributed by atoms with Crippen molar-refractivity contribution in [2.45, 2.75) is 25.7 Å². The van der Waals surface area contributed by atoms with Crippen molar-refractivity contribution in [3.63, 3.8) is 0 Å². The summed E-state index contributed by atoms with van der Waals surface area (Å²) in [6, 6.07) is 13.5. The number of hydrogen-bond donors (Lipinski definition) is 1. The summed E-state index contributed by atoms with van der Waals surface area (Å²) in [5, 5.41) is 13.6. The van der Waals surface area contributed by atoms with E-state index >= 15 is 0 Å². The summed E-state index contributed by atoms with van der Waals surface area (Å²) in [6.45, 7) is 0.483. The van der Waals surface area contributed by atoms with Crippen molar-refractivity contribution < 1.29 is 19.2 Å². The van der Waals surface area contributed by atoms with E-state index in [1.54, 1.807) is 24.1 Å². The van der Waals surface area contributed by atoms with E-state index in [1.807, 2.05) is 30.3 Å². The van der Waals surface area contributed by atoms with Crippen LogP contribution in [0.25, 0.3) is 6.08 Å². The zero-order valence-electron chi connectivity index (χ0n) is 18.0. The number of nitro benzene ring substituents is 1. The lowest BCUT2D eigenvalue weighted by atomic mass is 10.1. The van der Waals surface area contributed by atoms with Crippen molar-refractivity contribution in [2.75, 3.05) is 19.0 Å². The molecule has 0 aromatic heterocycles. The van der Waals surface area contributed by atoms with Crippen LogP contribution in [0, 0.1) is 10.1 Å². The van der Waals surface area contributed by atoms with Gasteiger partial charge in [0.05, 0.1) is 16.9 Å². The van der Waals surface area contributed by atoms with Gasteiger partial charge in [-0.05, 0) is 42.7 Å². The van der Waals surface area contributed by atoms with Crippen molar-refractivity contribution in [2.24, 2.45) is 0 Å². The third-order valence-electron chi connectivity index (χ3n) is 4.95. The number of thioether (sulfide) groups is 1. The van der Waals surface area contributed by atoms with Crippen LogP contribution in [-0.4, -0.2) is 39.6 Å². The number of unbranched alkanes of at least 4 members (excludes halogenated alkanes) is 2. The van der Waals surface area contributed by atoms with Crippen LogP contribution in [0.3, 0.4) is 0 Å². The van der Waals surface area contributed by atoms with Crippen molar-refractivity contribution in [3.05, 3.63) is 69.1 Å². The molecule has 0 aliphatic carbocycles. The fraction of sp³-hybridized carbons (Fsp3) is 0.261. The SMILES string of the molecule is COc1ccc(C=C2SC(=S)N(CCCCCC(=O)Nc3ccccc3[N+](=O)[O-])C2=O)cc1. The van der Waals surface area contributed by atoms with Gasteiger partial charge in [0.2, 0.25) is 5.91 Å². The molecular formula is C23H23N3O5S2. The lowest BCUT2D eigenvalue weighted by Crippen LogP contribution is -2.29. The number of anilines is 1. The predicted octanol–water partition coefficient (Wildman–Crippen LogP) is 5.00. The first-order chi connectivity index (χ1) is 15.9. The largest absolute Gasteiger partial charge is 0.497 e. The number of hydrogen-bond acceptors (Lipinski definition) is 7. The maximum atomic E-state index is 12.7. The maximum Gasteiger partial charge on any atom is 0.292 e. The summed E-state index contributed by atoms with van der Waals surface area (Å²) in [6.07, 6.45) is 4.07. The standard InChI is InChI=1S/C23H23N3O5S2/c1-31-17-12-10-16(11-13-17)15-20-22(28)25(23(32)33-20)14-6-2-3-9-21(27)24-18-7-4-5-8-19(18)26(29)30/h4-5,7-8,10-13,15H,2-3,6,9,14H2,1H3,(H,24,27). The van der Waals surface area contributed by atoms with E-state index < -0.39 is 4.92 Å². The number of nitrogens with one attached hydrogen (secondary N) is 1. The Bertz CT molecular complexity index is 1090. The van der Waals surface area contributed by atoms with Crippen LogP contribution in [0.4, 0.5) is 11.4 Å². The molecule has 3 rings (SSSR count). The van der Waals surface area contributed by atoms with Gasteiger partial charge in [0.1, 0.15) is 15.8 Å². The lowest BCUT2D eigenvalue weighted by molar-refractivity contribution is -0.383. The van der Waals surface area contributed by atoms with E-state index in [4.69, 9.17) is 17.0 Å². The Morgan fingerprint density at radius 2 is 1.91 bits per heavy atom. The number of nitrogens with zero attached hydrogens (tertiary/aromatic N) is 2. The smallest absolute Gasteiger partial charge is 0.292 e. The molecule has 1 aliphatic rings. The highest BCUT2D eigenvalue weighted by Crippen LogP contribution is 2.33. The first kappa shape index (κ1) is 24.4. The van der Waals surface area contributed by atoms with E-state index in [0.717, 1.165) is 17.7 Å². The monoisotopic (exact) mass is 485 g/mol. The second-order valence-electron chi connectivity index (χ2n) is 7.24. The molecule has 1 fully saturated rings. The molecular weight excluding hydrogens is 462 g/mol. The number of methoxy groups -OCH3 is 1. The van der Waals surface area contributed by atoms with E-state index in [-0.39, 0.29) is 29.6 Å². The Hall–Kier alpha value is -3.24. The average Bonchev–Trinajstić information content (AvgIpc) is 3.06. The highest BCUT2D eigenvalue weighted by atomic mass is 32.2. The topological polar surface area (TPSA) is 102 Å².